The summed E-state index contributed by atoms with van der Waals surface area (Å²) in [6.07, 6.45) is 4.35. The first-order valence-electron chi connectivity index (χ1n) is 3.61. The van der Waals surface area contributed by atoms with Gasteiger partial charge in [0, 0.05) is 5.71 Å². The molecule has 0 N–H and O–H groups in total. The molecule has 1 saturated carbocycles. The molecule has 0 aromatic rings. The Morgan fingerprint density at radius 3 is 2.08 bits per heavy atom. The van der Waals surface area contributed by atoms with Crippen LogP contribution in [0.25, 0.3) is 0 Å². The molecular formula is C6H10NNaO3S. The third kappa shape index (κ3) is 5.27. The standard InChI is InChI=1S/C6H11NO3S.Na/c8-11(9,10)7-6-4-2-1-3-5-6;/h1-5H2,(H,8,9,10);/q;+1/p-1. The summed E-state index contributed by atoms with van der Waals surface area (Å²) >= 11 is 0. The van der Waals surface area contributed by atoms with Crippen LogP contribution in [0.3, 0.4) is 0 Å². The van der Waals surface area contributed by atoms with E-state index in [1.165, 1.54) is 0 Å². The summed E-state index contributed by atoms with van der Waals surface area (Å²) in [7, 11) is -4.39. The average Bonchev–Trinajstić information content (AvgIpc) is 1.85. The van der Waals surface area contributed by atoms with Crippen molar-refractivity contribution in [3.8, 4) is 0 Å². The molecule has 6 heteroatoms. The zero-order valence-electron chi connectivity index (χ0n) is 7.12. The second kappa shape index (κ2) is 5.34. The maximum absolute atomic E-state index is 10.2. The Bertz CT molecular complexity index is 252. The van der Waals surface area contributed by atoms with Crippen LogP contribution >= 0.6 is 0 Å². The molecule has 0 radical (unpaired) electrons. The molecule has 1 aliphatic rings. The van der Waals surface area contributed by atoms with Crippen molar-refractivity contribution in [2.45, 2.75) is 32.1 Å². The van der Waals surface area contributed by atoms with Crippen LogP contribution in [0.5, 0.6) is 0 Å². The SMILES string of the molecule is O=S(=O)([O-])N=C1CCCCC1.[Na+]. The van der Waals surface area contributed by atoms with Crippen LogP contribution < -0.4 is 29.6 Å². The molecule has 0 unspecified atom stereocenters. The minimum Gasteiger partial charge on any atom is -0.730 e. The van der Waals surface area contributed by atoms with Crippen molar-refractivity contribution < 1.29 is 42.5 Å². The van der Waals surface area contributed by atoms with Gasteiger partial charge in [0.05, 0.1) is 0 Å². The predicted octanol–water partition coefficient (Wildman–Crippen LogP) is -2.14. The van der Waals surface area contributed by atoms with Crippen molar-refractivity contribution in [2.75, 3.05) is 0 Å². The second-order valence-corrected chi connectivity index (χ2v) is 3.68. The molecular weight excluding hydrogens is 189 g/mol. The number of rotatable bonds is 1. The Labute approximate surface area is 94.6 Å². The molecule has 12 heavy (non-hydrogen) atoms. The molecule has 0 spiro atoms. The largest absolute Gasteiger partial charge is 1.00 e. The normalized spacial score (nSPS) is 18.2. The molecule has 0 aromatic carbocycles. The van der Waals surface area contributed by atoms with Gasteiger partial charge in [-0.3, -0.25) is 0 Å². The van der Waals surface area contributed by atoms with E-state index in [-0.39, 0.29) is 29.6 Å². The van der Waals surface area contributed by atoms with E-state index in [9.17, 15) is 13.0 Å². The van der Waals surface area contributed by atoms with Gasteiger partial charge in [0.1, 0.15) is 0 Å². The van der Waals surface area contributed by atoms with Gasteiger partial charge in [0.15, 0.2) is 0 Å². The Morgan fingerprint density at radius 1 is 1.17 bits per heavy atom. The van der Waals surface area contributed by atoms with Crippen molar-refractivity contribution in [2.24, 2.45) is 4.40 Å². The molecule has 0 aliphatic heterocycles. The monoisotopic (exact) mass is 199 g/mol. The molecule has 0 aromatic heterocycles. The fraction of sp³-hybridized carbons (Fsp3) is 0.833. The van der Waals surface area contributed by atoms with E-state index in [2.05, 4.69) is 4.40 Å². The predicted molar refractivity (Wildman–Crippen MR) is 40.2 cm³/mol. The molecule has 4 nitrogen and oxygen atoms in total. The van der Waals surface area contributed by atoms with Crippen molar-refractivity contribution in [1.82, 2.24) is 0 Å². The molecule has 0 bridgehead atoms. The van der Waals surface area contributed by atoms with E-state index in [1.54, 1.807) is 0 Å². The smallest absolute Gasteiger partial charge is 0.730 e. The summed E-state index contributed by atoms with van der Waals surface area (Å²) in [5.74, 6) is 0. The quantitative estimate of drug-likeness (QED) is 0.357. The number of nitrogens with zero attached hydrogens (tertiary/aromatic N) is 1. The minimum atomic E-state index is -4.39. The molecule has 0 heterocycles. The van der Waals surface area contributed by atoms with Crippen LogP contribution in [0.4, 0.5) is 0 Å². The molecule has 0 atom stereocenters. The maximum atomic E-state index is 10.2. The van der Waals surface area contributed by atoms with E-state index in [4.69, 9.17) is 0 Å². The third-order valence-corrected chi connectivity index (χ3v) is 2.15. The van der Waals surface area contributed by atoms with Gasteiger partial charge in [-0.2, -0.15) is 4.40 Å². The Hall–Kier alpha value is 0.580. The molecule has 1 rings (SSSR count). The first kappa shape index (κ1) is 12.6. The van der Waals surface area contributed by atoms with Crippen LogP contribution in [0, 0.1) is 0 Å². The van der Waals surface area contributed by atoms with Crippen LogP contribution in [0.2, 0.25) is 0 Å². The first-order valence-corrected chi connectivity index (χ1v) is 4.98. The van der Waals surface area contributed by atoms with Crippen LogP contribution in [0.1, 0.15) is 32.1 Å². The molecule has 0 saturated heterocycles. The number of hydrogen-bond acceptors (Lipinski definition) is 3. The summed E-state index contributed by atoms with van der Waals surface area (Å²) in [4.78, 5) is 0. The average molecular weight is 199 g/mol. The van der Waals surface area contributed by atoms with Crippen molar-refractivity contribution in [3.05, 3.63) is 0 Å². The van der Waals surface area contributed by atoms with Crippen LogP contribution in [0.15, 0.2) is 4.40 Å². The molecule has 1 fully saturated rings. The van der Waals surface area contributed by atoms with Crippen molar-refractivity contribution in [1.29, 1.82) is 0 Å². The van der Waals surface area contributed by atoms with E-state index in [0.717, 1.165) is 19.3 Å². The van der Waals surface area contributed by atoms with Crippen molar-refractivity contribution >= 4 is 16.0 Å². The van der Waals surface area contributed by atoms with Gasteiger partial charge in [-0.05, 0) is 25.7 Å². The molecule has 64 valence electrons. The van der Waals surface area contributed by atoms with Gasteiger partial charge in [0.2, 0.25) is 10.3 Å². The second-order valence-electron chi connectivity index (χ2n) is 2.65. The minimum absolute atomic E-state index is 0. The zero-order valence-corrected chi connectivity index (χ0v) is 9.93. The Kier molecular flexibility index (Phi) is 5.60. The van der Waals surface area contributed by atoms with Gasteiger partial charge >= 0.3 is 29.6 Å². The number of hydrogen-bond donors (Lipinski definition) is 0. The van der Waals surface area contributed by atoms with E-state index in [1.807, 2.05) is 0 Å². The summed E-state index contributed by atoms with van der Waals surface area (Å²) in [6.45, 7) is 0. The van der Waals surface area contributed by atoms with Gasteiger partial charge < -0.3 is 4.55 Å². The van der Waals surface area contributed by atoms with Gasteiger partial charge in [-0.1, -0.05) is 6.42 Å². The topological polar surface area (TPSA) is 69.6 Å². The van der Waals surface area contributed by atoms with Crippen molar-refractivity contribution in [3.63, 3.8) is 0 Å². The van der Waals surface area contributed by atoms with Crippen LogP contribution in [-0.2, 0) is 10.3 Å². The third-order valence-electron chi connectivity index (χ3n) is 1.67. The fourth-order valence-electron chi connectivity index (χ4n) is 1.21. The summed E-state index contributed by atoms with van der Waals surface area (Å²) in [5.41, 5.74) is 0.547. The first-order chi connectivity index (χ1) is 5.08. The molecule has 0 amide bonds. The van der Waals surface area contributed by atoms with Gasteiger partial charge in [0.25, 0.3) is 0 Å². The Morgan fingerprint density at radius 2 is 1.67 bits per heavy atom. The fourth-order valence-corrected chi connectivity index (χ4v) is 1.71. The van der Waals surface area contributed by atoms with Gasteiger partial charge in [-0.15, -0.1) is 0 Å². The summed E-state index contributed by atoms with van der Waals surface area (Å²) < 4.78 is 33.6. The Balaban J connectivity index is 0.00000121. The van der Waals surface area contributed by atoms with E-state index in [0.29, 0.717) is 18.6 Å². The van der Waals surface area contributed by atoms with E-state index >= 15 is 0 Å². The van der Waals surface area contributed by atoms with Crippen LogP contribution in [-0.4, -0.2) is 18.7 Å². The zero-order chi connectivity index (χ0) is 8.32. The van der Waals surface area contributed by atoms with Gasteiger partial charge in [-0.25, -0.2) is 8.42 Å². The summed E-state index contributed by atoms with van der Waals surface area (Å²) in [5, 5.41) is 0. The summed E-state index contributed by atoms with van der Waals surface area (Å²) in [6, 6.07) is 0. The maximum Gasteiger partial charge on any atom is 1.00 e. The van der Waals surface area contributed by atoms with E-state index < -0.39 is 10.3 Å². The molecule has 1 aliphatic carbocycles.